The van der Waals surface area contributed by atoms with Gasteiger partial charge in [0, 0.05) is 22.9 Å². The topological polar surface area (TPSA) is 95.2 Å². The number of ether oxygens (including phenoxy) is 1. The number of hydrogen-bond acceptors (Lipinski definition) is 4. The number of fused-ring (bicyclic) bond motifs is 2. The number of nitrogens with one attached hydrogen (secondary N) is 2. The molecule has 8 heteroatoms. The van der Waals surface area contributed by atoms with Gasteiger partial charge in [-0.2, -0.15) is 0 Å². The number of methoxy groups -OCH3 is 1. The van der Waals surface area contributed by atoms with E-state index in [1.165, 1.54) is 18.2 Å². The standard InChI is InChI=1S/C10H8ClNO2.C9H6ClNO2/c1-14-8-4-3-7(11)6-2-5-9(13)12-10(6)8;10-6-2-3-7(12)9-5(6)1-4-8(13)11-9/h2-5H,1H3,(H,12,13);1-4,12H,(H,11,13). The number of aromatic nitrogens is 2. The predicted octanol–water partition coefficient (Wildman–Crippen LogP) is 4.08. The number of pyridine rings is 2. The van der Waals surface area contributed by atoms with Crippen molar-refractivity contribution in [3.8, 4) is 11.5 Å². The third-order valence-electron chi connectivity index (χ3n) is 3.84. The Balaban J connectivity index is 0.000000156. The SMILES string of the molecule is COc1ccc(Cl)c2ccc(=O)[nH]c12.O=c1ccc2c(Cl)ccc(O)c2[nH]1. The molecule has 0 radical (unpaired) electrons. The Morgan fingerprint density at radius 1 is 0.778 bits per heavy atom. The normalized spacial score (nSPS) is 10.5. The van der Waals surface area contributed by atoms with Gasteiger partial charge in [-0.15, -0.1) is 0 Å². The molecule has 4 rings (SSSR count). The molecule has 0 aliphatic rings. The van der Waals surface area contributed by atoms with E-state index in [-0.39, 0.29) is 16.9 Å². The van der Waals surface area contributed by atoms with E-state index in [4.69, 9.17) is 27.9 Å². The summed E-state index contributed by atoms with van der Waals surface area (Å²) < 4.78 is 5.11. The minimum atomic E-state index is -0.259. The number of phenolic OH excluding ortho intramolecular Hbond substituents is 1. The van der Waals surface area contributed by atoms with Gasteiger partial charge in [-0.3, -0.25) is 9.59 Å². The molecule has 0 saturated carbocycles. The van der Waals surface area contributed by atoms with Gasteiger partial charge in [-0.05, 0) is 36.4 Å². The summed E-state index contributed by atoms with van der Waals surface area (Å²) in [4.78, 5) is 27.2. The molecule has 27 heavy (non-hydrogen) atoms. The van der Waals surface area contributed by atoms with Gasteiger partial charge >= 0.3 is 0 Å². The molecule has 138 valence electrons. The Hall–Kier alpha value is -2.96. The van der Waals surface area contributed by atoms with E-state index in [9.17, 15) is 14.7 Å². The average Bonchev–Trinajstić information content (AvgIpc) is 2.66. The molecule has 0 saturated heterocycles. The Morgan fingerprint density at radius 2 is 1.30 bits per heavy atom. The summed E-state index contributed by atoms with van der Waals surface area (Å²) in [6.07, 6.45) is 0. The lowest BCUT2D eigenvalue weighted by molar-refractivity contribution is 0.419. The minimum Gasteiger partial charge on any atom is -0.506 e. The van der Waals surface area contributed by atoms with Crippen LogP contribution in [0.5, 0.6) is 11.5 Å². The number of rotatable bonds is 1. The molecule has 4 aromatic rings. The minimum absolute atomic E-state index is 0.0251. The number of benzene rings is 2. The zero-order valence-electron chi connectivity index (χ0n) is 14.0. The van der Waals surface area contributed by atoms with Gasteiger partial charge in [0.1, 0.15) is 11.5 Å². The van der Waals surface area contributed by atoms with E-state index >= 15 is 0 Å². The van der Waals surface area contributed by atoms with Crippen molar-refractivity contribution in [2.45, 2.75) is 0 Å². The summed E-state index contributed by atoms with van der Waals surface area (Å²) in [5.74, 6) is 0.638. The number of phenols is 1. The van der Waals surface area contributed by atoms with Crippen molar-refractivity contribution in [3.05, 3.63) is 79.3 Å². The largest absolute Gasteiger partial charge is 0.506 e. The maximum Gasteiger partial charge on any atom is 0.248 e. The summed E-state index contributed by atoms with van der Waals surface area (Å²) in [6, 6.07) is 12.6. The van der Waals surface area contributed by atoms with Crippen LogP contribution in [0.3, 0.4) is 0 Å². The molecule has 0 fully saturated rings. The molecule has 0 atom stereocenters. The van der Waals surface area contributed by atoms with E-state index in [0.717, 1.165) is 5.39 Å². The molecular formula is C19H14Cl2N2O4. The van der Waals surface area contributed by atoms with Crippen LogP contribution in [0.25, 0.3) is 21.8 Å². The van der Waals surface area contributed by atoms with Crippen LogP contribution in [-0.2, 0) is 0 Å². The maximum atomic E-state index is 11.1. The summed E-state index contributed by atoms with van der Waals surface area (Å²) >= 11 is 11.8. The van der Waals surface area contributed by atoms with Crippen molar-refractivity contribution >= 4 is 45.0 Å². The molecule has 2 aromatic heterocycles. The van der Waals surface area contributed by atoms with Crippen LogP contribution in [0.2, 0.25) is 10.0 Å². The van der Waals surface area contributed by atoms with Gasteiger partial charge in [-0.1, -0.05) is 23.2 Å². The molecule has 0 unspecified atom stereocenters. The van der Waals surface area contributed by atoms with Crippen LogP contribution in [-0.4, -0.2) is 22.2 Å². The van der Waals surface area contributed by atoms with Crippen LogP contribution < -0.4 is 15.9 Å². The first-order valence-corrected chi connectivity index (χ1v) is 8.52. The molecule has 0 amide bonds. The van der Waals surface area contributed by atoms with Gasteiger partial charge < -0.3 is 19.8 Å². The molecule has 6 nitrogen and oxygen atoms in total. The molecule has 2 aromatic carbocycles. The molecule has 0 aliphatic carbocycles. The highest BCUT2D eigenvalue weighted by atomic mass is 35.5. The Bertz CT molecular complexity index is 1250. The molecule has 0 bridgehead atoms. The van der Waals surface area contributed by atoms with Crippen LogP contribution in [0.1, 0.15) is 0 Å². The Morgan fingerprint density at radius 3 is 1.89 bits per heavy atom. The number of hydrogen-bond donors (Lipinski definition) is 3. The average molecular weight is 405 g/mol. The lowest BCUT2D eigenvalue weighted by atomic mass is 10.2. The van der Waals surface area contributed by atoms with E-state index in [1.54, 1.807) is 37.4 Å². The predicted molar refractivity (Wildman–Crippen MR) is 107 cm³/mol. The van der Waals surface area contributed by atoms with Crippen LogP contribution in [0.15, 0.2) is 58.1 Å². The number of aromatic hydroxyl groups is 1. The third-order valence-corrected chi connectivity index (χ3v) is 4.50. The van der Waals surface area contributed by atoms with Crippen LogP contribution in [0, 0.1) is 0 Å². The monoisotopic (exact) mass is 404 g/mol. The summed E-state index contributed by atoms with van der Waals surface area (Å²) in [7, 11) is 1.55. The van der Waals surface area contributed by atoms with Crippen molar-refractivity contribution in [3.63, 3.8) is 0 Å². The van der Waals surface area contributed by atoms with Gasteiger partial charge in [0.05, 0.1) is 28.2 Å². The first-order chi connectivity index (χ1) is 12.9. The van der Waals surface area contributed by atoms with Crippen molar-refractivity contribution in [2.24, 2.45) is 0 Å². The smallest absolute Gasteiger partial charge is 0.248 e. The number of aromatic amines is 2. The first kappa shape index (κ1) is 18.8. The van der Waals surface area contributed by atoms with E-state index in [2.05, 4.69) is 9.97 Å². The summed E-state index contributed by atoms with van der Waals surface area (Å²) in [6.45, 7) is 0. The second-order valence-corrected chi connectivity index (χ2v) is 6.35. The molecular weight excluding hydrogens is 391 g/mol. The van der Waals surface area contributed by atoms with E-state index < -0.39 is 0 Å². The fraction of sp³-hybridized carbons (Fsp3) is 0.0526. The summed E-state index contributed by atoms with van der Waals surface area (Å²) in [5.41, 5.74) is 0.579. The lowest BCUT2D eigenvalue weighted by Crippen LogP contribution is -2.03. The van der Waals surface area contributed by atoms with Crippen molar-refractivity contribution < 1.29 is 9.84 Å². The quantitative estimate of drug-likeness (QED) is 0.445. The summed E-state index contributed by atoms with van der Waals surface area (Å²) in [5, 5.41) is 11.9. The Labute approximate surface area is 162 Å². The lowest BCUT2D eigenvalue weighted by Gasteiger charge is -2.05. The second-order valence-electron chi connectivity index (χ2n) is 5.54. The number of H-pyrrole nitrogens is 2. The van der Waals surface area contributed by atoms with E-state index in [0.29, 0.717) is 32.2 Å². The van der Waals surface area contributed by atoms with E-state index in [1.807, 2.05) is 0 Å². The Kier molecular flexibility index (Phi) is 5.39. The fourth-order valence-corrected chi connectivity index (χ4v) is 3.00. The highest BCUT2D eigenvalue weighted by Crippen LogP contribution is 2.28. The third kappa shape index (κ3) is 3.92. The van der Waals surface area contributed by atoms with Crippen molar-refractivity contribution in [1.29, 1.82) is 0 Å². The highest BCUT2D eigenvalue weighted by molar-refractivity contribution is 6.36. The fourth-order valence-electron chi connectivity index (χ4n) is 2.56. The van der Waals surface area contributed by atoms with Crippen molar-refractivity contribution in [2.75, 3.05) is 7.11 Å². The first-order valence-electron chi connectivity index (χ1n) is 7.76. The maximum absolute atomic E-state index is 11.1. The molecule has 0 spiro atoms. The molecule has 2 heterocycles. The molecule has 0 aliphatic heterocycles. The highest BCUT2D eigenvalue weighted by Gasteiger charge is 2.05. The zero-order valence-corrected chi connectivity index (χ0v) is 15.6. The van der Waals surface area contributed by atoms with Gasteiger partial charge in [0.2, 0.25) is 11.1 Å². The zero-order chi connectivity index (χ0) is 19.6. The van der Waals surface area contributed by atoms with Crippen LogP contribution in [0.4, 0.5) is 0 Å². The van der Waals surface area contributed by atoms with Gasteiger partial charge in [0.25, 0.3) is 0 Å². The second kappa shape index (κ2) is 7.73. The molecule has 3 N–H and O–H groups in total. The van der Waals surface area contributed by atoms with Crippen LogP contribution >= 0.6 is 23.2 Å². The number of halogens is 2. The van der Waals surface area contributed by atoms with Crippen molar-refractivity contribution in [1.82, 2.24) is 9.97 Å². The van der Waals surface area contributed by atoms with Gasteiger partial charge in [0.15, 0.2) is 0 Å². The van der Waals surface area contributed by atoms with Gasteiger partial charge in [-0.25, -0.2) is 0 Å².